The van der Waals surface area contributed by atoms with Crippen LogP contribution >= 0.6 is 12.2 Å². The normalized spacial score (nSPS) is 15.4. The number of carbonyl (C=O) groups excluding carboxylic acids is 3. The first-order chi connectivity index (χ1) is 16.0. The van der Waals surface area contributed by atoms with E-state index in [1.54, 1.807) is 36.1 Å². The van der Waals surface area contributed by atoms with Gasteiger partial charge in [-0.3, -0.25) is 19.7 Å². The number of benzene rings is 2. The van der Waals surface area contributed by atoms with Crippen molar-refractivity contribution >= 4 is 35.1 Å². The van der Waals surface area contributed by atoms with E-state index in [4.69, 9.17) is 21.7 Å². The lowest BCUT2D eigenvalue weighted by Crippen LogP contribution is -2.60. The zero-order valence-electron chi connectivity index (χ0n) is 18.4. The molecule has 1 aliphatic rings. The molecule has 0 bridgehead atoms. The SMILES string of the molecule is CCOC(=O)CC1C(=O)NCCN1C(=S)NC(=O)c1ccccc1OCCc1ccccc1. The molecule has 8 nitrogen and oxygen atoms in total. The molecule has 2 N–H and O–H groups in total. The van der Waals surface area contributed by atoms with Crippen molar-refractivity contribution in [3.05, 3.63) is 65.7 Å². The van der Waals surface area contributed by atoms with Crippen LogP contribution in [-0.2, 0) is 20.7 Å². The Kier molecular flexibility index (Phi) is 8.77. The highest BCUT2D eigenvalue weighted by Crippen LogP contribution is 2.19. The topological polar surface area (TPSA) is 97.0 Å². The van der Waals surface area contributed by atoms with Gasteiger partial charge in [0.05, 0.1) is 25.2 Å². The van der Waals surface area contributed by atoms with Crippen molar-refractivity contribution in [3.63, 3.8) is 0 Å². The van der Waals surface area contributed by atoms with E-state index >= 15 is 0 Å². The van der Waals surface area contributed by atoms with E-state index in [0.717, 1.165) is 5.56 Å². The molecule has 0 aromatic heterocycles. The maximum absolute atomic E-state index is 13.0. The molecule has 0 saturated carbocycles. The summed E-state index contributed by atoms with van der Waals surface area (Å²) in [6.45, 7) is 3.04. The summed E-state index contributed by atoms with van der Waals surface area (Å²) >= 11 is 5.41. The number of para-hydroxylation sites is 1. The third-order valence-corrected chi connectivity index (χ3v) is 5.44. The molecular formula is C24H27N3O5S. The third-order valence-electron chi connectivity index (χ3n) is 5.10. The van der Waals surface area contributed by atoms with Gasteiger partial charge in [-0.2, -0.15) is 0 Å². The molecule has 9 heteroatoms. The second kappa shape index (κ2) is 12.0. The first kappa shape index (κ1) is 24.2. The molecule has 0 spiro atoms. The predicted molar refractivity (Wildman–Crippen MR) is 127 cm³/mol. The van der Waals surface area contributed by atoms with Crippen LogP contribution in [0, 0.1) is 0 Å². The first-order valence-electron chi connectivity index (χ1n) is 10.8. The summed E-state index contributed by atoms with van der Waals surface area (Å²) in [5.74, 6) is -0.851. The minimum atomic E-state index is -0.844. The largest absolute Gasteiger partial charge is 0.492 e. The number of amides is 2. The van der Waals surface area contributed by atoms with Crippen molar-refractivity contribution < 1.29 is 23.9 Å². The summed E-state index contributed by atoms with van der Waals surface area (Å²) in [4.78, 5) is 38.8. The fraction of sp³-hybridized carbons (Fsp3) is 0.333. The summed E-state index contributed by atoms with van der Waals surface area (Å²) in [6, 6.07) is 16.0. The Balaban J connectivity index is 1.64. The molecule has 1 unspecified atom stereocenters. The van der Waals surface area contributed by atoms with Crippen LogP contribution in [0.5, 0.6) is 5.75 Å². The summed E-state index contributed by atoms with van der Waals surface area (Å²) in [7, 11) is 0. The summed E-state index contributed by atoms with van der Waals surface area (Å²) in [6.07, 6.45) is 0.544. The maximum atomic E-state index is 13.0. The quantitative estimate of drug-likeness (QED) is 0.451. The van der Waals surface area contributed by atoms with E-state index < -0.39 is 17.9 Å². The molecule has 33 heavy (non-hydrogen) atoms. The van der Waals surface area contributed by atoms with Crippen molar-refractivity contribution in [1.82, 2.24) is 15.5 Å². The Labute approximate surface area is 198 Å². The average molecular weight is 470 g/mol. The molecule has 1 atom stereocenters. The molecule has 2 amide bonds. The molecule has 2 aromatic rings. The number of rotatable bonds is 8. The fourth-order valence-electron chi connectivity index (χ4n) is 3.48. The van der Waals surface area contributed by atoms with Gasteiger partial charge in [-0.15, -0.1) is 0 Å². The zero-order valence-corrected chi connectivity index (χ0v) is 19.2. The lowest BCUT2D eigenvalue weighted by molar-refractivity contribution is -0.147. The lowest BCUT2D eigenvalue weighted by atomic mass is 10.1. The molecule has 2 aromatic carbocycles. The van der Waals surface area contributed by atoms with Gasteiger partial charge in [0.2, 0.25) is 5.91 Å². The van der Waals surface area contributed by atoms with Crippen LogP contribution in [0.2, 0.25) is 0 Å². The van der Waals surface area contributed by atoms with Crippen LogP contribution < -0.4 is 15.4 Å². The van der Waals surface area contributed by atoms with Gasteiger partial charge in [-0.25, -0.2) is 0 Å². The van der Waals surface area contributed by atoms with Gasteiger partial charge in [-0.1, -0.05) is 42.5 Å². The van der Waals surface area contributed by atoms with Gasteiger partial charge in [0.25, 0.3) is 5.91 Å². The van der Waals surface area contributed by atoms with Crippen molar-refractivity contribution in [2.75, 3.05) is 26.3 Å². The van der Waals surface area contributed by atoms with Crippen LogP contribution in [-0.4, -0.2) is 60.1 Å². The standard InChI is InChI=1S/C24H27N3O5S/c1-2-31-21(28)16-19-23(30)25-13-14-27(19)24(33)26-22(29)18-10-6-7-11-20(18)32-15-12-17-8-4-3-5-9-17/h3-11,19H,2,12-16H2,1H3,(H,25,30)(H,26,29,33). The van der Waals surface area contributed by atoms with E-state index in [2.05, 4.69) is 10.6 Å². The number of piperazine rings is 1. The van der Waals surface area contributed by atoms with Crippen LogP contribution in [0.4, 0.5) is 0 Å². The average Bonchev–Trinajstić information content (AvgIpc) is 2.81. The van der Waals surface area contributed by atoms with Gasteiger partial charge in [0.1, 0.15) is 11.8 Å². The second-order valence-corrected chi connectivity index (χ2v) is 7.74. The molecule has 1 fully saturated rings. The Morgan fingerprint density at radius 3 is 2.64 bits per heavy atom. The summed E-state index contributed by atoms with van der Waals surface area (Å²) in [5.41, 5.74) is 1.47. The Morgan fingerprint density at radius 2 is 1.88 bits per heavy atom. The molecule has 1 heterocycles. The van der Waals surface area contributed by atoms with Crippen molar-refractivity contribution in [1.29, 1.82) is 0 Å². The molecule has 0 radical (unpaired) electrons. The van der Waals surface area contributed by atoms with Crippen molar-refractivity contribution in [3.8, 4) is 5.75 Å². The number of ether oxygens (including phenoxy) is 2. The zero-order chi connectivity index (χ0) is 23.6. The van der Waals surface area contributed by atoms with E-state index in [1.165, 1.54) is 0 Å². The van der Waals surface area contributed by atoms with Crippen LogP contribution in [0.3, 0.4) is 0 Å². The van der Waals surface area contributed by atoms with Gasteiger partial charge < -0.3 is 19.7 Å². The highest BCUT2D eigenvalue weighted by molar-refractivity contribution is 7.80. The second-order valence-electron chi connectivity index (χ2n) is 7.35. The van der Waals surface area contributed by atoms with E-state index in [0.29, 0.717) is 37.4 Å². The maximum Gasteiger partial charge on any atom is 0.308 e. The molecule has 3 rings (SSSR count). The number of nitrogens with zero attached hydrogens (tertiary/aromatic N) is 1. The monoisotopic (exact) mass is 469 g/mol. The van der Waals surface area contributed by atoms with Gasteiger partial charge >= 0.3 is 5.97 Å². The fourth-order valence-corrected chi connectivity index (χ4v) is 3.79. The Hall–Kier alpha value is -3.46. The molecule has 1 saturated heterocycles. The summed E-state index contributed by atoms with van der Waals surface area (Å²) in [5, 5.41) is 5.46. The van der Waals surface area contributed by atoms with Crippen molar-refractivity contribution in [2.45, 2.75) is 25.8 Å². The molecule has 174 valence electrons. The highest BCUT2D eigenvalue weighted by atomic mass is 32.1. The Morgan fingerprint density at radius 1 is 1.15 bits per heavy atom. The number of hydrogen-bond donors (Lipinski definition) is 2. The van der Waals surface area contributed by atoms with Crippen molar-refractivity contribution in [2.24, 2.45) is 0 Å². The number of thiocarbonyl (C=S) groups is 1. The molecule has 1 aliphatic heterocycles. The third kappa shape index (κ3) is 6.76. The van der Waals surface area contributed by atoms with Crippen LogP contribution in [0.25, 0.3) is 0 Å². The van der Waals surface area contributed by atoms with E-state index in [1.807, 2.05) is 30.3 Å². The van der Waals surface area contributed by atoms with Gasteiger partial charge in [0.15, 0.2) is 5.11 Å². The number of carbonyl (C=O) groups is 3. The van der Waals surface area contributed by atoms with E-state index in [-0.39, 0.29) is 24.0 Å². The molecular weight excluding hydrogens is 442 g/mol. The Bertz CT molecular complexity index is 999. The van der Waals surface area contributed by atoms with Crippen LogP contribution in [0.15, 0.2) is 54.6 Å². The predicted octanol–water partition coefficient (Wildman–Crippen LogP) is 2.08. The minimum Gasteiger partial charge on any atom is -0.492 e. The van der Waals surface area contributed by atoms with Gasteiger partial charge in [-0.05, 0) is 36.8 Å². The minimum absolute atomic E-state index is 0.0724. The summed E-state index contributed by atoms with van der Waals surface area (Å²) < 4.78 is 10.8. The first-order valence-corrected chi connectivity index (χ1v) is 11.2. The number of nitrogens with one attached hydrogen (secondary N) is 2. The lowest BCUT2D eigenvalue weighted by Gasteiger charge is -2.36. The number of esters is 1. The smallest absolute Gasteiger partial charge is 0.308 e. The van der Waals surface area contributed by atoms with Gasteiger partial charge in [0, 0.05) is 19.5 Å². The molecule has 0 aliphatic carbocycles. The number of hydrogen-bond acceptors (Lipinski definition) is 6. The highest BCUT2D eigenvalue weighted by Gasteiger charge is 2.34. The van der Waals surface area contributed by atoms with Crippen LogP contribution in [0.1, 0.15) is 29.3 Å². The van der Waals surface area contributed by atoms with E-state index in [9.17, 15) is 14.4 Å².